The van der Waals surface area contributed by atoms with Crippen molar-refractivity contribution in [3.05, 3.63) is 59.0 Å². The summed E-state index contributed by atoms with van der Waals surface area (Å²) < 4.78 is 0. The Hall–Kier alpha value is -4.01. The summed E-state index contributed by atoms with van der Waals surface area (Å²) in [4.78, 5) is 8.42. The Bertz CT molecular complexity index is 1020. The van der Waals surface area contributed by atoms with Gasteiger partial charge in [0.2, 0.25) is 0 Å². The summed E-state index contributed by atoms with van der Waals surface area (Å²) in [6.45, 7) is 0. The van der Waals surface area contributed by atoms with Gasteiger partial charge in [-0.05, 0) is 36.4 Å². The van der Waals surface area contributed by atoms with E-state index in [0.717, 1.165) is 0 Å². The monoisotopic (exact) mass is 353 g/mol. The maximum absolute atomic E-state index is 9.77. The smallest absolute Gasteiger partial charge is 0.175 e. The summed E-state index contributed by atoms with van der Waals surface area (Å²) >= 11 is 0. The second kappa shape index (κ2) is 6.13. The molecule has 0 atom stereocenters. The highest BCUT2D eigenvalue weighted by Gasteiger charge is 2.24. The summed E-state index contributed by atoms with van der Waals surface area (Å²) in [6, 6.07) is 8.04. The van der Waals surface area contributed by atoms with Gasteiger partial charge in [-0.2, -0.15) is 0 Å². The van der Waals surface area contributed by atoms with Crippen LogP contribution in [0.1, 0.15) is 11.1 Å². The third-order valence-corrected chi connectivity index (χ3v) is 3.67. The van der Waals surface area contributed by atoms with Crippen LogP contribution in [0.2, 0.25) is 0 Å². The second-order valence-electron chi connectivity index (χ2n) is 5.48. The summed E-state index contributed by atoms with van der Waals surface area (Å²) in [5.41, 5.74) is 12.2. The van der Waals surface area contributed by atoms with E-state index in [1.165, 1.54) is 36.4 Å². The van der Waals surface area contributed by atoms with E-state index < -0.39 is 0 Å². The number of phenols is 4. The molecule has 0 saturated heterocycles. The van der Waals surface area contributed by atoms with Crippen molar-refractivity contribution in [3.63, 3.8) is 0 Å². The molecule has 9 heteroatoms. The Balaban J connectivity index is 2.23. The molecule has 0 saturated carbocycles. The number of hydrogen-bond donors (Lipinski definition) is 7. The van der Waals surface area contributed by atoms with Crippen LogP contribution in [0, 0.1) is 5.41 Å². The average molecular weight is 353 g/mol. The second-order valence-corrected chi connectivity index (χ2v) is 5.48. The van der Waals surface area contributed by atoms with E-state index in [-0.39, 0.29) is 51.8 Å². The molecule has 3 rings (SSSR count). The zero-order chi connectivity index (χ0) is 19.0. The van der Waals surface area contributed by atoms with E-state index in [2.05, 4.69) is 9.98 Å². The Labute approximate surface area is 147 Å². The lowest BCUT2D eigenvalue weighted by atomic mass is 9.97. The molecule has 0 amide bonds. The minimum Gasteiger partial charge on any atom is -0.504 e. The fraction of sp³-hybridized carbons (Fsp3) is 0. The van der Waals surface area contributed by atoms with E-state index in [0.29, 0.717) is 11.1 Å². The molecule has 1 heterocycles. The highest BCUT2D eigenvalue weighted by Crippen LogP contribution is 2.30. The Kier molecular flexibility index (Phi) is 3.97. The molecule has 0 fully saturated rings. The van der Waals surface area contributed by atoms with Gasteiger partial charge in [-0.15, -0.1) is 0 Å². The largest absolute Gasteiger partial charge is 0.504 e. The number of amidine groups is 1. The van der Waals surface area contributed by atoms with E-state index in [4.69, 9.17) is 16.9 Å². The number of benzene rings is 2. The van der Waals surface area contributed by atoms with Crippen molar-refractivity contribution in [2.75, 3.05) is 0 Å². The lowest BCUT2D eigenvalue weighted by molar-refractivity contribution is 0.403. The topological polar surface area (TPSA) is 182 Å². The van der Waals surface area contributed by atoms with Crippen molar-refractivity contribution in [2.45, 2.75) is 0 Å². The Morgan fingerprint density at radius 3 is 1.62 bits per heavy atom. The molecule has 9 N–H and O–H groups in total. The van der Waals surface area contributed by atoms with Crippen molar-refractivity contribution >= 4 is 17.3 Å². The molecule has 0 spiro atoms. The van der Waals surface area contributed by atoms with Gasteiger partial charge >= 0.3 is 0 Å². The molecule has 2 aromatic rings. The normalized spacial score (nSPS) is 14.0. The molecule has 0 bridgehead atoms. The number of nitrogens with two attached hydrogens (primary N) is 2. The van der Waals surface area contributed by atoms with Crippen LogP contribution in [0.5, 0.6) is 23.0 Å². The summed E-state index contributed by atoms with van der Waals surface area (Å²) in [5.74, 6) is -1.85. The zero-order valence-electron chi connectivity index (χ0n) is 13.3. The fourth-order valence-corrected chi connectivity index (χ4v) is 2.38. The first-order valence-corrected chi connectivity index (χ1v) is 7.34. The summed E-state index contributed by atoms with van der Waals surface area (Å²) in [6.07, 6.45) is 0. The van der Waals surface area contributed by atoms with E-state index >= 15 is 0 Å². The van der Waals surface area contributed by atoms with Gasteiger partial charge in [0.25, 0.3) is 0 Å². The molecule has 0 aliphatic carbocycles. The molecule has 26 heavy (non-hydrogen) atoms. The highest BCUT2D eigenvalue weighted by molar-refractivity contribution is 6.56. The van der Waals surface area contributed by atoms with Crippen molar-refractivity contribution in [3.8, 4) is 23.0 Å². The third-order valence-electron chi connectivity index (χ3n) is 3.67. The lowest BCUT2D eigenvalue weighted by Gasteiger charge is -2.18. The number of nitrogens with zero attached hydrogens (tertiary/aromatic N) is 2. The van der Waals surface area contributed by atoms with Crippen LogP contribution in [0.15, 0.2) is 57.9 Å². The predicted molar refractivity (Wildman–Crippen MR) is 95.7 cm³/mol. The van der Waals surface area contributed by atoms with Gasteiger partial charge in [0.05, 0.1) is 11.4 Å². The number of nitrogens with one attached hydrogen (secondary N) is 1. The number of rotatable bonds is 2. The van der Waals surface area contributed by atoms with Gasteiger partial charge in [-0.3, -0.25) is 5.41 Å². The van der Waals surface area contributed by atoms with Crippen molar-refractivity contribution in [1.29, 1.82) is 5.41 Å². The van der Waals surface area contributed by atoms with Crippen LogP contribution in [0.25, 0.3) is 0 Å². The Morgan fingerprint density at radius 1 is 0.731 bits per heavy atom. The fourth-order valence-electron chi connectivity index (χ4n) is 2.38. The first-order valence-electron chi connectivity index (χ1n) is 7.34. The first kappa shape index (κ1) is 16.8. The highest BCUT2D eigenvalue weighted by atomic mass is 16.3. The van der Waals surface area contributed by atoms with Gasteiger partial charge in [0.15, 0.2) is 28.8 Å². The van der Waals surface area contributed by atoms with Crippen molar-refractivity contribution in [2.24, 2.45) is 21.5 Å². The Morgan fingerprint density at radius 2 is 1.19 bits per heavy atom. The van der Waals surface area contributed by atoms with Gasteiger partial charge in [-0.25, -0.2) is 9.98 Å². The molecular weight excluding hydrogens is 338 g/mol. The third kappa shape index (κ3) is 2.88. The lowest BCUT2D eigenvalue weighted by Crippen LogP contribution is -2.27. The number of aliphatic imine (C=N–C) groups is 2. The van der Waals surface area contributed by atoms with Crippen molar-refractivity contribution < 1.29 is 20.4 Å². The molecule has 0 radical (unpaired) electrons. The molecule has 1 aliphatic heterocycles. The molecule has 9 nitrogen and oxygen atoms in total. The number of hydrogen-bond acceptors (Lipinski definition) is 8. The maximum Gasteiger partial charge on any atom is 0.175 e. The van der Waals surface area contributed by atoms with Crippen LogP contribution in [-0.4, -0.2) is 37.7 Å². The van der Waals surface area contributed by atoms with Crippen LogP contribution in [-0.2, 0) is 0 Å². The van der Waals surface area contributed by atoms with Crippen LogP contribution < -0.4 is 11.5 Å². The van der Waals surface area contributed by atoms with E-state index in [9.17, 15) is 20.4 Å². The molecule has 1 aliphatic rings. The average Bonchev–Trinajstić information content (AvgIpc) is 2.59. The number of aromatic hydroxyl groups is 4. The SMILES string of the molecule is N=C1N=C(c2ccc(O)c(O)c2)C(c2ccc(O)c(O)c2)=NC1=C(N)N. The predicted octanol–water partition coefficient (Wildman–Crippen LogP) is 0.865. The van der Waals surface area contributed by atoms with Gasteiger partial charge in [-0.1, -0.05) is 0 Å². The minimum atomic E-state index is -0.371. The summed E-state index contributed by atoms with van der Waals surface area (Å²) in [5, 5.41) is 46.5. The maximum atomic E-state index is 9.77. The quantitative estimate of drug-likeness (QED) is 0.393. The van der Waals surface area contributed by atoms with Crippen LogP contribution in [0.3, 0.4) is 0 Å². The minimum absolute atomic E-state index is 0.0423. The van der Waals surface area contributed by atoms with Gasteiger partial charge in [0, 0.05) is 11.1 Å². The molecule has 0 unspecified atom stereocenters. The number of phenolic OH excluding ortho intramolecular Hbond substituents is 4. The summed E-state index contributed by atoms with van der Waals surface area (Å²) in [7, 11) is 0. The van der Waals surface area contributed by atoms with E-state index in [1.807, 2.05) is 0 Å². The molecule has 0 aromatic heterocycles. The molecule has 2 aromatic carbocycles. The van der Waals surface area contributed by atoms with Crippen LogP contribution in [0.4, 0.5) is 0 Å². The standard InChI is InChI=1S/C17H15N5O4/c18-16(19)15-17(20)22-14(8-2-4-10(24)12(26)6-8)13(21-15)7-1-3-9(23)11(25)5-7/h1-6,20,23-26H,18-19H2. The van der Waals surface area contributed by atoms with Gasteiger partial charge < -0.3 is 31.9 Å². The molecule has 132 valence electrons. The van der Waals surface area contributed by atoms with Crippen LogP contribution >= 0.6 is 0 Å². The van der Waals surface area contributed by atoms with Crippen molar-refractivity contribution in [1.82, 2.24) is 0 Å². The van der Waals surface area contributed by atoms with E-state index in [1.54, 1.807) is 0 Å². The zero-order valence-corrected chi connectivity index (χ0v) is 13.3. The van der Waals surface area contributed by atoms with Gasteiger partial charge in [0.1, 0.15) is 11.5 Å². The first-order chi connectivity index (χ1) is 12.3. The molecular formula is C17H15N5O4.